The number of nitrogens with one attached hydrogen (secondary N) is 1. The lowest BCUT2D eigenvalue weighted by atomic mass is 10.1. The average molecular weight is 389 g/mol. The standard InChI is InChI=1S/C16H14F3NO5S/c1-9-3-5-11(8-12(9)15(21)22)26(23,24)20-14-6-4-10(25-2)7-13(14)16(17,18)19/h3-8,20H,1-2H3,(H,21,22). The number of anilines is 1. The van der Waals surface area contributed by atoms with E-state index in [0.29, 0.717) is 11.6 Å². The Morgan fingerprint density at radius 2 is 1.81 bits per heavy atom. The largest absolute Gasteiger partial charge is 0.497 e. The first-order valence-corrected chi connectivity index (χ1v) is 8.56. The van der Waals surface area contributed by atoms with Gasteiger partial charge in [-0.05, 0) is 42.8 Å². The molecule has 0 aliphatic rings. The van der Waals surface area contributed by atoms with Crippen LogP contribution in [0.5, 0.6) is 5.75 Å². The Hall–Kier alpha value is -2.75. The van der Waals surface area contributed by atoms with Crippen molar-refractivity contribution in [1.29, 1.82) is 0 Å². The van der Waals surface area contributed by atoms with Crippen LogP contribution in [0.1, 0.15) is 21.5 Å². The van der Waals surface area contributed by atoms with Crippen LogP contribution in [0.15, 0.2) is 41.3 Å². The van der Waals surface area contributed by atoms with Gasteiger partial charge in [0, 0.05) is 0 Å². The summed E-state index contributed by atoms with van der Waals surface area (Å²) in [6, 6.07) is 6.01. The van der Waals surface area contributed by atoms with E-state index in [0.717, 1.165) is 18.2 Å². The van der Waals surface area contributed by atoms with Crippen LogP contribution in [0.2, 0.25) is 0 Å². The second-order valence-corrected chi connectivity index (χ2v) is 6.98. The number of carboxylic acid groups (broad SMARTS) is 1. The van der Waals surface area contributed by atoms with Crippen LogP contribution in [0.25, 0.3) is 0 Å². The van der Waals surface area contributed by atoms with E-state index in [2.05, 4.69) is 0 Å². The van der Waals surface area contributed by atoms with Gasteiger partial charge in [0.15, 0.2) is 0 Å². The van der Waals surface area contributed by atoms with Crippen molar-refractivity contribution in [2.75, 3.05) is 11.8 Å². The molecule has 0 radical (unpaired) electrons. The van der Waals surface area contributed by atoms with E-state index in [4.69, 9.17) is 9.84 Å². The Labute approximate surface area is 147 Å². The van der Waals surface area contributed by atoms with Crippen LogP contribution in [0.3, 0.4) is 0 Å². The molecule has 10 heteroatoms. The van der Waals surface area contributed by atoms with Crippen LogP contribution < -0.4 is 9.46 Å². The molecule has 6 nitrogen and oxygen atoms in total. The molecule has 0 heterocycles. The Morgan fingerprint density at radius 1 is 1.15 bits per heavy atom. The van der Waals surface area contributed by atoms with Crippen LogP contribution in [-0.4, -0.2) is 26.6 Å². The lowest BCUT2D eigenvalue weighted by Gasteiger charge is -2.16. The summed E-state index contributed by atoms with van der Waals surface area (Å²) in [6.45, 7) is 1.47. The maximum Gasteiger partial charge on any atom is 0.418 e. The Morgan fingerprint density at radius 3 is 2.35 bits per heavy atom. The van der Waals surface area contributed by atoms with Gasteiger partial charge in [-0.2, -0.15) is 13.2 Å². The maximum absolute atomic E-state index is 13.2. The van der Waals surface area contributed by atoms with E-state index in [1.807, 2.05) is 4.72 Å². The van der Waals surface area contributed by atoms with Gasteiger partial charge < -0.3 is 9.84 Å². The van der Waals surface area contributed by atoms with Crippen LogP contribution >= 0.6 is 0 Å². The van der Waals surface area contributed by atoms with E-state index in [-0.39, 0.29) is 11.3 Å². The highest BCUT2D eigenvalue weighted by Crippen LogP contribution is 2.38. The summed E-state index contributed by atoms with van der Waals surface area (Å²) >= 11 is 0. The third-order valence-corrected chi connectivity index (χ3v) is 4.89. The van der Waals surface area contributed by atoms with Crippen molar-refractivity contribution in [2.45, 2.75) is 18.0 Å². The number of aromatic carboxylic acids is 1. The molecular weight excluding hydrogens is 375 g/mol. The van der Waals surface area contributed by atoms with E-state index in [1.54, 1.807) is 0 Å². The van der Waals surface area contributed by atoms with Gasteiger partial charge >= 0.3 is 12.1 Å². The molecule has 2 rings (SSSR count). The number of carboxylic acids is 1. The maximum atomic E-state index is 13.2. The average Bonchev–Trinajstić information content (AvgIpc) is 2.53. The Kier molecular flexibility index (Phi) is 5.17. The SMILES string of the molecule is COc1ccc(NS(=O)(=O)c2ccc(C)c(C(=O)O)c2)c(C(F)(F)F)c1. The first-order valence-electron chi connectivity index (χ1n) is 7.07. The van der Waals surface area contributed by atoms with Crippen molar-refractivity contribution in [3.8, 4) is 5.75 Å². The molecular formula is C16H14F3NO5S. The van der Waals surface area contributed by atoms with Gasteiger partial charge in [-0.1, -0.05) is 6.07 Å². The summed E-state index contributed by atoms with van der Waals surface area (Å²) < 4.78 is 71.0. The highest BCUT2D eigenvalue weighted by Gasteiger charge is 2.35. The quantitative estimate of drug-likeness (QED) is 0.816. The number of carbonyl (C=O) groups is 1. The molecule has 2 aromatic rings. The lowest BCUT2D eigenvalue weighted by molar-refractivity contribution is -0.137. The monoisotopic (exact) mass is 389 g/mol. The number of benzene rings is 2. The highest BCUT2D eigenvalue weighted by atomic mass is 32.2. The van der Waals surface area contributed by atoms with Crippen molar-refractivity contribution in [2.24, 2.45) is 0 Å². The fourth-order valence-electron chi connectivity index (χ4n) is 2.18. The molecule has 2 N–H and O–H groups in total. The second kappa shape index (κ2) is 6.87. The minimum absolute atomic E-state index is 0.0937. The molecule has 0 bridgehead atoms. The molecule has 0 fully saturated rings. The minimum Gasteiger partial charge on any atom is -0.497 e. The molecule has 0 unspecified atom stereocenters. The summed E-state index contributed by atoms with van der Waals surface area (Å²) in [4.78, 5) is 10.7. The molecule has 0 aliphatic heterocycles. The number of ether oxygens (including phenoxy) is 1. The Balaban J connectivity index is 2.51. The van der Waals surface area contributed by atoms with Crippen molar-refractivity contribution in [1.82, 2.24) is 0 Å². The van der Waals surface area contributed by atoms with E-state index in [1.165, 1.54) is 26.2 Å². The first kappa shape index (κ1) is 19.6. The molecule has 2 aromatic carbocycles. The molecule has 0 saturated carbocycles. The molecule has 0 saturated heterocycles. The van der Waals surface area contributed by atoms with Gasteiger partial charge in [0.1, 0.15) is 5.75 Å². The number of sulfonamides is 1. The van der Waals surface area contributed by atoms with E-state index < -0.39 is 38.3 Å². The smallest absolute Gasteiger partial charge is 0.418 e. The van der Waals surface area contributed by atoms with Crippen LogP contribution in [0.4, 0.5) is 18.9 Å². The minimum atomic E-state index is -4.83. The summed E-state index contributed by atoms with van der Waals surface area (Å²) in [5, 5.41) is 9.08. The number of hydrogen-bond acceptors (Lipinski definition) is 4. The van der Waals surface area contributed by atoms with Crippen molar-refractivity contribution >= 4 is 21.7 Å². The highest BCUT2D eigenvalue weighted by molar-refractivity contribution is 7.92. The number of hydrogen-bond donors (Lipinski definition) is 2. The van der Waals surface area contributed by atoms with Crippen molar-refractivity contribution in [3.63, 3.8) is 0 Å². The van der Waals surface area contributed by atoms with Crippen LogP contribution in [-0.2, 0) is 16.2 Å². The normalized spacial score (nSPS) is 11.9. The van der Waals surface area contributed by atoms with Crippen molar-refractivity contribution < 1.29 is 36.2 Å². The lowest BCUT2D eigenvalue weighted by Crippen LogP contribution is -2.18. The summed E-state index contributed by atoms with van der Waals surface area (Å²) in [6.07, 6.45) is -4.83. The van der Waals surface area contributed by atoms with Gasteiger partial charge in [-0.15, -0.1) is 0 Å². The second-order valence-electron chi connectivity index (χ2n) is 5.30. The van der Waals surface area contributed by atoms with Gasteiger partial charge in [0.25, 0.3) is 10.0 Å². The van der Waals surface area contributed by atoms with Gasteiger partial charge in [-0.25, -0.2) is 13.2 Å². The number of methoxy groups -OCH3 is 1. The zero-order chi connectivity index (χ0) is 19.7. The Bertz CT molecular complexity index is 955. The topological polar surface area (TPSA) is 92.7 Å². The fraction of sp³-hybridized carbons (Fsp3) is 0.188. The van der Waals surface area contributed by atoms with Gasteiger partial charge in [0.05, 0.1) is 28.8 Å². The molecule has 0 aliphatic carbocycles. The third-order valence-electron chi connectivity index (χ3n) is 3.53. The van der Waals surface area contributed by atoms with Gasteiger partial charge in [0.2, 0.25) is 0 Å². The predicted molar refractivity (Wildman–Crippen MR) is 86.9 cm³/mol. The molecule has 140 valence electrons. The van der Waals surface area contributed by atoms with Gasteiger partial charge in [-0.3, -0.25) is 4.72 Å². The zero-order valence-electron chi connectivity index (χ0n) is 13.6. The fourth-order valence-corrected chi connectivity index (χ4v) is 3.28. The molecule has 0 atom stereocenters. The summed E-state index contributed by atoms with van der Waals surface area (Å²) in [5.41, 5.74) is -1.88. The number of alkyl halides is 3. The molecule has 26 heavy (non-hydrogen) atoms. The predicted octanol–water partition coefficient (Wildman–Crippen LogP) is 3.52. The molecule has 0 aromatic heterocycles. The number of rotatable bonds is 5. The number of halogens is 3. The van der Waals surface area contributed by atoms with Crippen molar-refractivity contribution in [3.05, 3.63) is 53.1 Å². The summed E-state index contributed by atoms with van der Waals surface area (Å²) in [7, 11) is -3.26. The van der Waals surface area contributed by atoms with E-state index in [9.17, 15) is 26.4 Å². The summed E-state index contributed by atoms with van der Waals surface area (Å²) in [5.74, 6) is -1.44. The van der Waals surface area contributed by atoms with E-state index >= 15 is 0 Å². The first-order chi connectivity index (χ1) is 12.0. The van der Waals surface area contributed by atoms with Crippen LogP contribution in [0, 0.1) is 6.92 Å². The molecule has 0 amide bonds. The number of aryl methyl sites for hydroxylation is 1. The third kappa shape index (κ3) is 4.07. The molecule has 0 spiro atoms. The zero-order valence-corrected chi connectivity index (χ0v) is 14.4.